The number of nitrogens with zero attached hydrogens (tertiary/aromatic N) is 1. The van der Waals surface area contributed by atoms with Crippen molar-refractivity contribution >= 4 is 17.7 Å². The molecule has 1 N–H and O–H groups in total. The highest BCUT2D eigenvalue weighted by Crippen LogP contribution is 2.36. The first kappa shape index (κ1) is 15.0. The van der Waals surface area contributed by atoms with Crippen LogP contribution in [0.5, 0.6) is 0 Å². The molecule has 0 spiro atoms. The summed E-state index contributed by atoms with van der Waals surface area (Å²) in [7, 11) is 0. The molecule has 3 amide bonds. The molecule has 0 aromatic carbocycles. The van der Waals surface area contributed by atoms with Gasteiger partial charge in [-0.25, -0.2) is 0 Å². The lowest BCUT2D eigenvalue weighted by molar-refractivity contribution is -0.149. The average Bonchev–Trinajstić information content (AvgIpc) is 2.38. The Morgan fingerprint density at radius 2 is 1.60 bits per heavy atom. The van der Waals surface area contributed by atoms with E-state index in [0.717, 1.165) is 32.4 Å². The zero-order chi connectivity index (χ0) is 14.7. The van der Waals surface area contributed by atoms with Gasteiger partial charge in [-0.2, -0.15) is 0 Å². The van der Waals surface area contributed by atoms with Gasteiger partial charge in [0.05, 0.1) is 0 Å². The third-order valence-corrected chi connectivity index (χ3v) is 4.37. The number of carbonyl (C=O) groups excluding carboxylic acids is 3. The molecule has 5 heteroatoms. The molecule has 5 nitrogen and oxygen atoms in total. The third kappa shape index (κ3) is 3.19. The number of nitrogens with one attached hydrogen (secondary N) is 1. The maximum absolute atomic E-state index is 12.4. The average molecular weight is 280 g/mol. The topological polar surface area (TPSA) is 66.5 Å². The molecule has 0 aromatic rings. The summed E-state index contributed by atoms with van der Waals surface area (Å²) in [5.74, 6) is -1.17. The molecule has 2 rings (SSSR count). The van der Waals surface area contributed by atoms with Crippen LogP contribution in [0.4, 0.5) is 0 Å². The molecular formula is C15H24N2O3. The van der Waals surface area contributed by atoms with Crippen LogP contribution >= 0.6 is 0 Å². The molecule has 20 heavy (non-hydrogen) atoms. The van der Waals surface area contributed by atoms with Gasteiger partial charge in [-0.3, -0.25) is 19.7 Å². The van der Waals surface area contributed by atoms with Crippen LogP contribution in [0.15, 0.2) is 0 Å². The van der Waals surface area contributed by atoms with E-state index in [2.05, 4.69) is 5.32 Å². The quantitative estimate of drug-likeness (QED) is 0.848. The van der Waals surface area contributed by atoms with Crippen molar-refractivity contribution in [2.75, 3.05) is 13.1 Å². The minimum absolute atomic E-state index is 0.105. The fourth-order valence-corrected chi connectivity index (χ4v) is 2.82. The predicted octanol–water partition coefficient (Wildman–Crippen LogP) is 1.32. The summed E-state index contributed by atoms with van der Waals surface area (Å²) in [4.78, 5) is 37.8. The number of amides is 3. The second kappa shape index (κ2) is 6.37. The largest absolute Gasteiger partial charge is 0.342 e. The van der Waals surface area contributed by atoms with Crippen molar-refractivity contribution in [1.29, 1.82) is 0 Å². The Kier molecular flexibility index (Phi) is 4.78. The minimum Gasteiger partial charge on any atom is -0.342 e. The normalized spacial score (nSPS) is 26.1. The van der Waals surface area contributed by atoms with Gasteiger partial charge in [0.2, 0.25) is 17.7 Å². The van der Waals surface area contributed by atoms with Crippen LogP contribution in [0.2, 0.25) is 0 Å². The molecule has 1 aliphatic carbocycles. The number of hydrogen-bond donors (Lipinski definition) is 1. The van der Waals surface area contributed by atoms with Crippen molar-refractivity contribution in [3.05, 3.63) is 0 Å². The van der Waals surface area contributed by atoms with Crippen molar-refractivity contribution < 1.29 is 14.4 Å². The van der Waals surface area contributed by atoms with E-state index in [1.807, 2.05) is 4.90 Å². The van der Waals surface area contributed by atoms with Gasteiger partial charge < -0.3 is 4.90 Å². The van der Waals surface area contributed by atoms with Crippen LogP contribution in [-0.4, -0.2) is 35.7 Å². The van der Waals surface area contributed by atoms with Crippen LogP contribution in [0, 0.1) is 17.8 Å². The van der Waals surface area contributed by atoms with Crippen molar-refractivity contribution in [2.45, 2.75) is 46.0 Å². The molecule has 1 aliphatic heterocycles. The summed E-state index contributed by atoms with van der Waals surface area (Å²) >= 11 is 0. The minimum atomic E-state index is -0.313. The second-order valence-corrected chi connectivity index (χ2v) is 6.18. The zero-order valence-electron chi connectivity index (χ0n) is 12.4. The van der Waals surface area contributed by atoms with Gasteiger partial charge in [0.15, 0.2) is 0 Å². The number of likely N-dealkylation sites (tertiary alicyclic amines) is 1. The maximum atomic E-state index is 12.4. The lowest BCUT2D eigenvalue weighted by Crippen LogP contribution is -2.51. The zero-order valence-corrected chi connectivity index (χ0v) is 12.4. The van der Waals surface area contributed by atoms with Gasteiger partial charge in [0.25, 0.3) is 0 Å². The van der Waals surface area contributed by atoms with Crippen molar-refractivity contribution in [1.82, 2.24) is 10.2 Å². The van der Waals surface area contributed by atoms with Crippen LogP contribution < -0.4 is 5.32 Å². The highest BCUT2D eigenvalue weighted by Gasteiger charge is 2.43. The molecule has 2 atom stereocenters. The maximum Gasteiger partial charge on any atom is 0.230 e. The Labute approximate surface area is 120 Å². The Balaban J connectivity index is 1.89. The van der Waals surface area contributed by atoms with Crippen LogP contribution in [0.25, 0.3) is 0 Å². The summed E-state index contributed by atoms with van der Waals surface area (Å²) in [5, 5.41) is 2.42. The fraction of sp³-hybridized carbons (Fsp3) is 0.800. The number of rotatable bonds is 3. The first-order chi connectivity index (χ1) is 9.50. The third-order valence-electron chi connectivity index (χ3n) is 4.37. The summed E-state index contributed by atoms with van der Waals surface area (Å²) in [6.07, 6.45) is 4.77. The van der Waals surface area contributed by atoms with E-state index in [1.54, 1.807) is 13.8 Å². The monoisotopic (exact) mass is 280 g/mol. The second-order valence-electron chi connectivity index (χ2n) is 6.18. The smallest absolute Gasteiger partial charge is 0.230 e. The molecule has 2 unspecified atom stereocenters. The Morgan fingerprint density at radius 3 is 2.10 bits per heavy atom. The van der Waals surface area contributed by atoms with Gasteiger partial charge in [0, 0.05) is 30.8 Å². The Morgan fingerprint density at radius 1 is 1.00 bits per heavy atom. The van der Waals surface area contributed by atoms with Gasteiger partial charge in [-0.1, -0.05) is 13.8 Å². The fourth-order valence-electron chi connectivity index (χ4n) is 2.82. The predicted molar refractivity (Wildman–Crippen MR) is 74.6 cm³/mol. The van der Waals surface area contributed by atoms with Gasteiger partial charge >= 0.3 is 0 Å². The summed E-state index contributed by atoms with van der Waals surface area (Å²) < 4.78 is 0. The van der Waals surface area contributed by atoms with E-state index in [9.17, 15) is 14.4 Å². The molecule has 0 aromatic heterocycles. The van der Waals surface area contributed by atoms with Crippen molar-refractivity contribution in [2.24, 2.45) is 17.8 Å². The van der Waals surface area contributed by atoms with Gasteiger partial charge in [0.1, 0.15) is 0 Å². The number of imide groups is 1. The molecule has 0 radical (unpaired) electrons. The molecule has 1 saturated heterocycles. The standard InChI is InChI=1S/C15H24N2O3/c1-10(2)13(18)16-14(19)11-6-7-12(11)15(20)17-8-4-3-5-9-17/h10-12H,3-9H2,1-2H3,(H,16,18,19). The summed E-state index contributed by atoms with van der Waals surface area (Å²) in [6.45, 7) is 5.13. The van der Waals surface area contributed by atoms with Crippen LogP contribution in [0.1, 0.15) is 46.0 Å². The van der Waals surface area contributed by atoms with Crippen molar-refractivity contribution in [3.63, 3.8) is 0 Å². The summed E-state index contributed by atoms with van der Waals surface area (Å²) in [5.41, 5.74) is 0. The van der Waals surface area contributed by atoms with E-state index in [-0.39, 0.29) is 35.5 Å². The SMILES string of the molecule is CC(C)C(=O)NC(=O)C1CCC1C(=O)N1CCCCC1. The molecule has 1 saturated carbocycles. The first-order valence-corrected chi connectivity index (χ1v) is 7.64. The molecule has 2 aliphatic rings. The van der Waals surface area contributed by atoms with E-state index in [1.165, 1.54) is 6.42 Å². The van der Waals surface area contributed by atoms with E-state index < -0.39 is 0 Å². The Hall–Kier alpha value is -1.39. The van der Waals surface area contributed by atoms with E-state index in [0.29, 0.717) is 6.42 Å². The van der Waals surface area contributed by atoms with E-state index >= 15 is 0 Å². The highest BCUT2D eigenvalue weighted by molar-refractivity contribution is 5.99. The molecule has 2 fully saturated rings. The van der Waals surface area contributed by atoms with E-state index in [4.69, 9.17) is 0 Å². The molecule has 112 valence electrons. The lowest BCUT2D eigenvalue weighted by atomic mass is 9.72. The van der Waals surface area contributed by atoms with Crippen molar-refractivity contribution in [3.8, 4) is 0 Å². The molecular weight excluding hydrogens is 256 g/mol. The molecule has 1 heterocycles. The number of piperidine rings is 1. The Bertz CT molecular complexity index is 400. The van der Waals surface area contributed by atoms with Gasteiger partial charge in [-0.05, 0) is 32.1 Å². The highest BCUT2D eigenvalue weighted by atomic mass is 16.2. The summed E-state index contributed by atoms with van der Waals surface area (Å²) in [6, 6.07) is 0. The molecule has 0 bridgehead atoms. The number of carbonyl (C=O) groups is 3. The van der Waals surface area contributed by atoms with Gasteiger partial charge in [-0.15, -0.1) is 0 Å². The lowest BCUT2D eigenvalue weighted by Gasteiger charge is -2.39. The first-order valence-electron chi connectivity index (χ1n) is 7.64. The number of hydrogen-bond acceptors (Lipinski definition) is 3. The van der Waals surface area contributed by atoms with Crippen LogP contribution in [0.3, 0.4) is 0 Å². The van der Waals surface area contributed by atoms with Crippen LogP contribution in [-0.2, 0) is 14.4 Å².